The molecular weight excluding hydrogens is 357 g/mol. The zero-order chi connectivity index (χ0) is 19.4. The van der Waals surface area contributed by atoms with Crippen LogP contribution < -0.4 is 10.2 Å². The summed E-state index contributed by atoms with van der Waals surface area (Å²) in [6.45, 7) is 1.65. The number of rotatable bonds is 2. The number of alkyl halides is 3. The van der Waals surface area contributed by atoms with Crippen LogP contribution in [-0.2, 0) is 6.18 Å². The first-order valence-corrected chi connectivity index (χ1v) is 8.35. The lowest BCUT2D eigenvalue weighted by Crippen LogP contribution is -2.50. The maximum absolute atomic E-state index is 12.9. The number of urea groups is 1. The maximum Gasteiger partial charge on any atom is 0.416 e. The summed E-state index contributed by atoms with van der Waals surface area (Å²) in [7, 11) is 0. The van der Waals surface area contributed by atoms with Crippen LogP contribution in [0.15, 0.2) is 48.5 Å². The number of nitrogens with one attached hydrogen (secondary N) is 1. The Morgan fingerprint density at radius 1 is 1.04 bits per heavy atom. The van der Waals surface area contributed by atoms with Gasteiger partial charge >= 0.3 is 12.2 Å². The third-order valence-corrected chi connectivity index (χ3v) is 4.35. The van der Waals surface area contributed by atoms with Crippen molar-refractivity contribution in [3.8, 4) is 6.07 Å². The van der Waals surface area contributed by atoms with Gasteiger partial charge in [0.05, 0.1) is 17.2 Å². The summed E-state index contributed by atoms with van der Waals surface area (Å²) in [4.78, 5) is 15.8. The van der Waals surface area contributed by atoms with Crippen molar-refractivity contribution in [3.05, 3.63) is 59.7 Å². The van der Waals surface area contributed by atoms with Gasteiger partial charge in [-0.2, -0.15) is 18.4 Å². The molecule has 0 radical (unpaired) electrons. The Bertz CT molecular complexity index is 868. The van der Waals surface area contributed by atoms with Crippen LogP contribution in [0.1, 0.15) is 11.1 Å². The van der Waals surface area contributed by atoms with Crippen molar-refractivity contribution < 1.29 is 18.0 Å². The molecule has 0 aliphatic carbocycles. The Kier molecular flexibility index (Phi) is 5.21. The second-order valence-electron chi connectivity index (χ2n) is 6.14. The highest BCUT2D eigenvalue weighted by atomic mass is 19.4. The van der Waals surface area contributed by atoms with Crippen LogP contribution in [0, 0.1) is 11.3 Å². The van der Waals surface area contributed by atoms with E-state index in [0.717, 1.165) is 12.1 Å². The van der Waals surface area contributed by atoms with Gasteiger partial charge in [-0.15, -0.1) is 0 Å². The minimum atomic E-state index is -4.38. The van der Waals surface area contributed by atoms with E-state index >= 15 is 0 Å². The number of hydrogen-bond acceptors (Lipinski definition) is 3. The van der Waals surface area contributed by atoms with E-state index in [1.165, 1.54) is 6.07 Å². The number of hydrogen-bond donors (Lipinski definition) is 1. The van der Waals surface area contributed by atoms with E-state index < -0.39 is 11.7 Å². The molecule has 0 atom stereocenters. The highest BCUT2D eigenvalue weighted by Gasteiger charge is 2.31. The van der Waals surface area contributed by atoms with E-state index in [0.29, 0.717) is 43.1 Å². The zero-order valence-electron chi connectivity index (χ0n) is 14.3. The van der Waals surface area contributed by atoms with E-state index in [1.54, 1.807) is 35.2 Å². The molecular formula is C19H17F3N4O. The molecule has 8 heteroatoms. The van der Waals surface area contributed by atoms with Gasteiger partial charge in [0, 0.05) is 37.6 Å². The van der Waals surface area contributed by atoms with Crippen LogP contribution in [0.5, 0.6) is 0 Å². The fourth-order valence-electron chi connectivity index (χ4n) is 2.92. The van der Waals surface area contributed by atoms with Crippen LogP contribution >= 0.6 is 0 Å². The molecule has 0 saturated carbocycles. The van der Waals surface area contributed by atoms with Crippen molar-refractivity contribution in [2.45, 2.75) is 6.18 Å². The van der Waals surface area contributed by atoms with Crippen molar-refractivity contribution >= 4 is 17.4 Å². The molecule has 0 bridgehead atoms. The number of nitrogens with zero attached hydrogens (tertiary/aromatic N) is 3. The van der Waals surface area contributed by atoms with Crippen LogP contribution in [0.2, 0.25) is 0 Å². The molecule has 2 amide bonds. The monoisotopic (exact) mass is 374 g/mol. The molecule has 1 heterocycles. The summed E-state index contributed by atoms with van der Waals surface area (Å²) in [6, 6.07) is 13.5. The van der Waals surface area contributed by atoms with E-state index in [-0.39, 0.29) is 6.03 Å². The molecule has 1 aliphatic rings. The predicted molar refractivity (Wildman–Crippen MR) is 95.4 cm³/mol. The Labute approximate surface area is 154 Å². The fourth-order valence-corrected chi connectivity index (χ4v) is 2.92. The van der Waals surface area contributed by atoms with Gasteiger partial charge in [0.1, 0.15) is 0 Å². The number of anilines is 2. The predicted octanol–water partition coefficient (Wildman–Crippen LogP) is 3.93. The number of amides is 2. The lowest BCUT2D eigenvalue weighted by atomic mass is 10.1. The van der Waals surface area contributed by atoms with Crippen LogP contribution in [0.4, 0.5) is 29.3 Å². The lowest BCUT2D eigenvalue weighted by molar-refractivity contribution is -0.137. The summed E-state index contributed by atoms with van der Waals surface area (Å²) in [5.74, 6) is 0. The maximum atomic E-state index is 12.9. The number of piperazine rings is 1. The average Bonchev–Trinajstić information content (AvgIpc) is 2.67. The Morgan fingerprint density at radius 2 is 1.74 bits per heavy atom. The number of carbonyl (C=O) groups is 1. The summed E-state index contributed by atoms with van der Waals surface area (Å²) < 4.78 is 38.6. The quantitative estimate of drug-likeness (QED) is 0.867. The molecule has 1 N–H and O–H groups in total. The molecule has 1 fully saturated rings. The molecule has 27 heavy (non-hydrogen) atoms. The molecule has 0 spiro atoms. The van der Waals surface area contributed by atoms with Crippen molar-refractivity contribution in [3.63, 3.8) is 0 Å². The number of nitriles is 1. The Balaban J connectivity index is 1.60. The van der Waals surface area contributed by atoms with E-state index in [2.05, 4.69) is 5.32 Å². The second kappa shape index (κ2) is 7.58. The average molecular weight is 374 g/mol. The van der Waals surface area contributed by atoms with Crippen LogP contribution in [-0.4, -0.2) is 37.1 Å². The highest BCUT2D eigenvalue weighted by molar-refractivity contribution is 5.89. The standard InChI is InChI=1S/C19H17F3N4O/c20-19(21,22)15-4-2-6-17(12-15)25-7-9-26(10-8-25)18(27)24-16-5-1-3-14(11-16)13-23/h1-6,11-12H,7-10H2,(H,24,27). The van der Waals surface area contributed by atoms with Crippen molar-refractivity contribution in [2.75, 3.05) is 36.4 Å². The summed E-state index contributed by atoms with van der Waals surface area (Å²) in [6.07, 6.45) is -4.38. The first-order valence-electron chi connectivity index (χ1n) is 8.35. The molecule has 5 nitrogen and oxygen atoms in total. The smallest absolute Gasteiger partial charge is 0.368 e. The van der Waals surface area contributed by atoms with E-state index in [9.17, 15) is 18.0 Å². The van der Waals surface area contributed by atoms with Gasteiger partial charge < -0.3 is 15.1 Å². The van der Waals surface area contributed by atoms with Crippen molar-refractivity contribution in [1.29, 1.82) is 5.26 Å². The molecule has 0 aromatic heterocycles. The van der Waals surface area contributed by atoms with Crippen molar-refractivity contribution in [1.82, 2.24) is 4.90 Å². The van der Waals surface area contributed by atoms with Crippen molar-refractivity contribution in [2.24, 2.45) is 0 Å². The third-order valence-electron chi connectivity index (χ3n) is 4.35. The van der Waals surface area contributed by atoms with E-state index in [1.807, 2.05) is 11.0 Å². The summed E-state index contributed by atoms with van der Waals surface area (Å²) >= 11 is 0. The number of halogens is 3. The Morgan fingerprint density at radius 3 is 2.41 bits per heavy atom. The third kappa shape index (κ3) is 4.50. The molecule has 2 aromatic rings. The normalized spacial score (nSPS) is 14.6. The first kappa shape index (κ1) is 18.6. The minimum absolute atomic E-state index is 0.297. The SMILES string of the molecule is N#Cc1cccc(NC(=O)N2CCN(c3cccc(C(F)(F)F)c3)CC2)c1. The highest BCUT2D eigenvalue weighted by Crippen LogP contribution is 2.31. The van der Waals surface area contributed by atoms with Gasteiger partial charge in [-0.1, -0.05) is 12.1 Å². The van der Waals surface area contributed by atoms with Gasteiger partial charge in [-0.05, 0) is 36.4 Å². The topological polar surface area (TPSA) is 59.4 Å². The molecule has 2 aromatic carbocycles. The van der Waals surface area contributed by atoms with Gasteiger partial charge in [0.25, 0.3) is 0 Å². The van der Waals surface area contributed by atoms with Gasteiger partial charge in [-0.3, -0.25) is 0 Å². The molecule has 3 rings (SSSR count). The number of benzene rings is 2. The van der Waals surface area contributed by atoms with Gasteiger partial charge in [0.15, 0.2) is 0 Å². The first-order chi connectivity index (χ1) is 12.9. The lowest BCUT2D eigenvalue weighted by Gasteiger charge is -2.36. The largest absolute Gasteiger partial charge is 0.416 e. The molecule has 1 saturated heterocycles. The minimum Gasteiger partial charge on any atom is -0.368 e. The summed E-state index contributed by atoms with van der Waals surface area (Å²) in [5, 5.41) is 11.6. The second-order valence-corrected chi connectivity index (χ2v) is 6.14. The van der Waals surface area contributed by atoms with Crippen LogP contribution in [0.3, 0.4) is 0 Å². The van der Waals surface area contributed by atoms with Crippen LogP contribution in [0.25, 0.3) is 0 Å². The summed E-state index contributed by atoms with van der Waals surface area (Å²) in [5.41, 5.74) is 0.783. The molecule has 140 valence electrons. The van der Waals surface area contributed by atoms with Gasteiger partial charge in [0.2, 0.25) is 0 Å². The fraction of sp³-hybridized carbons (Fsp3) is 0.263. The van der Waals surface area contributed by atoms with E-state index in [4.69, 9.17) is 5.26 Å². The Hall–Kier alpha value is -3.21. The number of carbonyl (C=O) groups excluding carboxylic acids is 1. The van der Waals surface area contributed by atoms with Gasteiger partial charge in [-0.25, -0.2) is 4.79 Å². The zero-order valence-corrected chi connectivity index (χ0v) is 14.3. The molecule has 1 aliphatic heterocycles. The molecule has 0 unspecified atom stereocenters.